The van der Waals surface area contributed by atoms with Crippen LogP contribution in [0.4, 0.5) is 5.69 Å². The molecular weight excluding hydrogens is 238 g/mol. The number of halogens is 1. The molecule has 0 amide bonds. The molecule has 0 saturated carbocycles. The van der Waals surface area contributed by atoms with Gasteiger partial charge in [-0.25, -0.2) is 4.79 Å². The van der Waals surface area contributed by atoms with Crippen molar-refractivity contribution in [3.8, 4) is 5.75 Å². The van der Waals surface area contributed by atoms with Crippen molar-refractivity contribution < 1.29 is 14.6 Å². The normalized spacial score (nSPS) is 9.69. The van der Waals surface area contributed by atoms with E-state index in [9.17, 15) is 4.79 Å². The van der Waals surface area contributed by atoms with Crippen LogP contribution in [-0.4, -0.2) is 18.2 Å². The monoisotopic (exact) mass is 245 g/mol. The summed E-state index contributed by atoms with van der Waals surface area (Å²) in [6.07, 6.45) is 0. The van der Waals surface area contributed by atoms with Gasteiger partial charge in [-0.3, -0.25) is 0 Å². The molecule has 0 aliphatic heterocycles. The number of carbonyl (C=O) groups is 1. The van der Waals surface area contributed by atoms with Crippen LogP contribution >= 0.6 is 15.9 Å². The predicted molar refractivity (Wildman–Crippen MR) is 52.1 cm³/mol. The van der Waals surface area contributed by atoms with E-state index in [2.05, 4.69) is 15.9 Å². The molecule has 3 N–H and O–H groups in total. The van der Waals surface area contributed by atoms with Crippen LogP contribution in [0, 0.1) is 0 Å². The zero-order valence-corrected chi connectivity index (χ0v) is 8.46. The van der Waals surface area contributed by atoms with Crippen LogP contribution in [0.3, 0.4) is 0 Å². The molecule has 0 aliphatic carbocycles. The summed E-state index contributed by atoms with van der Waals surface area (Å²) in [4.78, 5) is 10.7. The van der Waals surface area contributed by atoms with Crippen LogP contribution in [0.15, 0.2) is 16.6 Å². The van der Waals surface area contributed by atoms with E-state index < -0.39 is 5.97 Å². The van der Waals surface area contributed by atoms with Crippen LogP contribution in [-0.2, 0) is 0 Å². The van der Waals surface area contributed by atoms with Gasteiger partial charge in [0, 0.05) is 10.5 Å². The Bertz CT molecular complexity index is 328. The molecule has 0 atom stereocenters. The third-order valence-electron chi connectivity index (χ3n) is 1.54. The molecule has 70 valence electrons. The van der Waals surface area contributed by atoms with Crippen molar-refractivity contribution in [3.63, 3.8) is 0 Å². The van der Waals surface area contributed by atoms with Crippen molar-refractivity contribution in [2.75, 3.05) is 12.8 Å². The number of hydrogen-bond acceptors (Lipinski definition) is 3. The molecule has 0 aromatic heterocycles. The number of anilines is 1. The number of carboxylic acid groups (broad SMARTS) is 1. The number of rotatable bonds is 2. The van der Waals surface area contributed by atoms with Crippen LogP contribution in [0.1, 0.15) is 10.4 Å². The minimum absolute atomic E-state index is 0.0563. The number of nitrogen functional groups attached to an aromatic ring is 1. The molecule has 0 heterocycles. The fourth-order valence-electron chi connectivity index (χ4n) is 0.946. The Morgan fingerprint density at radius 1 is 1.62 bits per heavy atom. The highest BCUT2D eigenvalue weighted by molar-refractivity contribution is 9.10. The SMILES string of the molecule is COc1cc(N)c(C(=O)O)c(Br)c1. The lowest BCUT2D eigenvalue weighted by Gasteiger charge is -2.06. The second-order valence-electron chi connectivity index (χ2n) is 2.38. The van der Waals surface area contributed by atoms with Gasteiger partial charge in [0.2, 0.25) is 0 Å². The Morgan fingerprint density at radius 3 is 2.62 bits per heavy atom. The highest BCUT2D eigenvalue weighted by Crippen LogP contribution is 2.28. The molecule has 13 heavy (non-hydrogen) atoms. The van der Waals surface area contributed by atoms with Crippen molar-refractivity contribution in [1.82, 2.24) is 0 Å². The molecule has 0 fully saturated rings. The van der Waals surface area contributed by atoms with Gasteiger partial charge in [0.1, 0.15) is 5.75 Å². The average molecular weight is 246 g/mol. The van der Waals surface area contributed by atoms with Crippen molar-refractivity contribution in [3.05, 3.63) is 22.2 Å². The van der Waals surface area contributed by atoms with Crippen LogP contribution in [0.25, 0.3) is 0 Å². The van der Waals surface area contributed by atoms with Gasteiger partial charge in [-0.1, -0.05) is 0 Å². The highest BCUT2D eigenvalue weighted by atomic mass is 79.9. The summed E-state index contributed by atoms with van der Waals surface area (Å²) in [5, 5.41) is 8.76. The summed E-state index contributed by atoms with van der Waals surface area (Å²) in [7, 11) is 1.49. The van der Waals surface area contributed by atoms with Crippen LogP contribution in [0.5, 0.6) is 5.75 Å². The topological polar surface area (TPSA) is 72.5 Å². The van der Waals surface area contributed by atoms with E-state index in [1.165, 1.54) is 13.2 Å². The Morgan fingerprint density at radius 2 is 2.23 bits per heavy atom. The third-order valence-corrected chi connectivity index (χ3v) is 2.17. The molecule has 0 bridgehead atoms. The molecule has 0 spiro atoms. The lowest BCUT2D eigenvalue weighted by Crippen LogP contribution is -2.03. The molecule has 0 radical (unpaired) electrons. The summed E-state index contributed by atoms with van der Waals surface area (Å²) < 4.78 is 5.32. The average Bonchev–Trinajstić information content (AvgIpc) is 2.02. The zero-order valence-electron chi connectivity index (χ0n) is 6.87. The zero-order chi connectivity index (χ0) is 10.0. The first kappa shape index (κ1) is 9.85. The third kappa shape index (κ3) is 1.92. The second kappa shape index (κ2) is 3.66. The first-order valence-corrected chi connectivity index (χ1v) is 4.22. The Kier molecular flexibility index (Phi) is 2.77. The number of benzene rings is 1. The molecule has 1 aromatic rings. The number of aromatic carboxylic acids is 1. The van der Waals surface area contributed by atoms with E-state index in [4.69, 9.17) is 15.6 Å². The van der Waals surface area contributed by atoms with E-state index >= 15 is 0 Å². The summed E-state index contributed by atoms with van der Waals surface area (Å²) in [5.74, 6) is -0.540. The van der Waals surface area contributed by atoms with Gasteiger partial charge in [-0.05, 0) is 22.0 Å². The molecule has 0 unspecified atom stereocenters. The maximum atomic E-state index is 10.7. The Labute approximate surface area is 83.4 Å². The molecule has 0 saturated heterocycles. The number of hydrogen-bond donors (Lipinski definition) is 2. The van der Waals surface area contributed by atoms with Gasteiger partial charge in [0.05, 0.1) is 18.4 Å². The maximum absolute atomic E-state index is 10.7. The molecule has 1 aromatic carbocycles. The van der Waals surface area contributed by atoms with E-state index in [0.717, 1.165) is 0 Å². The minimum atomic E-state index is -1.06. The molecular formula is C8H8BrNO3. The lowest BCUT2D eigenvalue weighted by atomic mass is 10.2. The van der Waals surface area contributed by atoms with Gasteiger partial charge < -0.3 is 15.6 Å². The van der Waals surface area contributed by atoms with Crippen LogP contribution < -0.4 is 10.5 Å². The van der Waals surface area contributed by atoms with Gasteiger partial charge in [0.15, 0.2) is 0 Å². The van der Waals surface area contributed by atoms with E-state index in [0.29, 0.717) is 10.2 Å². The van der Waals surface area contributed by atoms with Gasteiger partial charge in [-0.2, -0.15) is 0 Å². The van der Waals surface area contributed by atoms with E-state index in [1.54, 1.807) is 6.07 Å². The summed E-state index contributed by atoms with van der Waals surface area (Å²) >= 11 is 3.10. The number of methoxy groups -OCH3 is 1. The summed E-state index contributed by atoms with van der Waals surface area (Å²) in [5.41, 5.74) is 5.74. The molecule has 5 heteroatoms. The number of ether oxygens (including phenoxy) is 1. The first-order valence-electron chi connectivity index (χ1n) is 3.42. The van der Waals surface area contributed by atoms with E-state index in [1.807, 2.05) is 0 Å². The summed E-state index contributed by atoms with van der Waals surface area (Å²) in [6.45, 7) is 0. The molecule has 4 nitrogen and oxygen atoms in total. The standard InChI is InChI=1S/C8H8BrNO3/c1-13-4-2-5(9)7(8(11)12)6(10)3-4/h2-3H,10H2,1H3,(H,11,12). The molecule has 0 aliphatic rings. The van der Waals surface area contributed by atoms with Crippen molar-refractivity contribution in [1.29, 1.82) is 0 Å². The van der Waals surface area contributed by atoms with Gasteiger partial charge >= 0.3 is 5.97 Å². The highest BCUT2D eigenvalue weighted by Gasteiger charge is 2.13. The Hall–Kier alpha value is -1.23. The number of nitrogens with two attached hydrogens (primary N) is 1. The molecule has 1 rings (SSSR count). The van der Waals surface area contributed by atoms with Crippen LogP contribution in [0.2, 0.25) is 0 Å². The Balaban J connectivity index is 3.31. The van der Waals surface area contributed by atoms with E-state index in [-0.39, 0.29) is 11.3 Å². The minimum Gasteiger partial charge on any atom is -0.497 e. The smallest absolute Gasteiger partial charge is 0.338 e. The largest absolute Gasteiger partial charge is 0.497 e. The van der Waals surface area contributed by atoms with Crippen molar-refractivity contribution >= 4 is 27.6 Å². The fraction of sp³-hybridized carbons (Fsp3) is 0.125. The second-order valence-corrected chi connectivity index (χ2v) is 3.23. The van der Waals surface area contributed by atoms with Crippen molar-refractivity contribution in [2.45, 2.75) is 0 Å². The predicted octanol–water partition coefficient (Wildman–Crippen LogP) is 1.74. The maximum Gasteiger partial charge on any atom is 0.338 e. The van der Waals surface area contributed by atoms with Crippen molar-refractivity contribution in [2.24, 2.45) is 0 Å². The van der Waals surface area contributed by atoms with Gasteiger partial charge in [0.25, 0.3) is 0 Å². The van der Waals surface area contributed by atoms with Gasteiger partial charge in [-0.15, -0.1) is 0 Å². The lowest BCUT2D eigenvalue weighted by molar-refractivity contribution is 0.0697. The summed E-state index contributed by atoms with van der Waals surface area (Å²) in [6, 6.07) is 3.02. The quantitative estimate of drug-likeness (QED) is 0.779. The fourth-order valence-corrected chi connectivity index (χ4v) is 1.57. The number of carboxylic acids is 1. The first-order chi connectivity index (χ1) is 6.06.